The predicted molar refractivity (Wildman–Crippen MR) is 105 cm³/mol. The van der Waals surface area contributed by atoms with Gasteiger partial charge >= 0.3 is 0 Å². The van der Waals surface area contributed by atoms with E-state index < -0.39 is 0 Å². The molecule has 1 amide bonds. The monoisotopic (exact) mass is 370 g/mol. The van der Waals surface area contributed by atoms with Gasteiger partial charge in [0.15, 0.2) is 0 Å². The van der Waals surface area contributed by atoms with E-state index in [-0.39, 0.29) is 17.0 Å². The van der Waals surface area contributed by atoms with Crippen molar-refractivity contribution in [2.75, 3.05) is 36.4 Å². The number of carbonyl (C=O) groups excluding carboxylic acids is 1. The Morgan fingerprint density at radius 2 is 1.96 bits per heavy atom. The van der Waals surface area contributed by atoms with E-state index in [1.807, 2.05) is 13.0 Å². The molecule has 1 aliphatic heterocycles. The Hall–Kier alpha value is -2.90. The minimum absolute atomic E-state index is 0.144. The molecule has 0 radical (unpaired) electrons. The third kappa shape index (κ3) is 4.84. The normalized spacial score (nSPS) is 14.1. The van der Waals surface area contributed by atoms with Gasteiger partial charge in [-0.3, -0.25) is 9.59 Å². The van der Waals surface area contributed by atoms with Gasteiger partial charge in [-0.1, -0.05) is 0 Å². The van der Waals surface area contributed by atoms with Crippen LogP contribution in [0.15, 0.2) is 29.2 Å². The molecule has 8 heteroatoms. The van der Waals surface area contributed by atoms with Crippen molar-refractivity contribution in [3.05, 3.63) is 46.1 Å². The zero-order chi connectivity index (χ0) is 19.2. The maximum atomic E-state index is 12.2. The van der Waals surface area contributed by atoms with Crippen LogP contribution in [0.3, 0.4) is 0 Å². The Morgan fingerprint density at radius 1 is 1.19 bits per heavy atom. The van der Waals surface area contributed by atoms with Gasteiger partial charge in [-0.05, 0) is 38.3 Å². The van der Waals surface area contributed by atoms with Crippen LogP contribution in [-0.2, 0) is 7.05 Å². The molecule has 2 N–H and O–H groups in total. The van der Waals surface area contributed by atoms with Gasteiger partial charge in [0.2, 0.25) is 0 Å². The van der Waals surface area contributed by atoms with Crippen LogP contribution in [-0.4, -0.2) is 46.6 Å². The van der Waals surface area contributed by atoms with Gasteiger partial charge < -0.3 is 20.1 Å². The summed E-state index contributed by atoms with van der Waals surface area (Å²) in [5, 5.41) is 5.98. The second-order valence-corrected chi connectivity index (χ2v) is 6.73. The number of aromatic nitrogens is 3. The Bertz CT molecular complexity index is 858. The van der Waals surface area contributed by atoms with Gasteiger partial charge in [-0.15, -0.1) is 0 Å². The molecule has 0 aliphatic carbocycles. The van der Waals surface area contributed by atoms with Crippen LogP contribution in [0, 0.1) is 6.92 Å². The average molecular weight is 370 g/mol. The van der Waals surface area contributed by atoms with E-state index in [9.17, 15) is 9.59 Å². The van der Waals surface area contributed by atoms with Crippen LogP contribution in [0.25, 0.3) is 0 Å². The minimum Gasteiger partial charge on any atom is -0.368 e. The predicted octanol–water partition coefficient (Wildman–Crippen LogP) is 1.32. The molecule has 2 aromatic heterocycles. The molecule has 1 fully saturated rings. The number of rotatable bonds is 6. The maximum Gasteiger partial charge on any atom is 0.263 e. The summed E-state index contributed by atoms with van der Waals surface area (Å²) in [6.07, 6.45) is 5.28. The van der Waals surface area contributed by atoms with Crippen LogP contribution in [0.5, 0.6) is 0 Å². The summed E-state index contributed by atoms with van der Waals surface area (Å²) in [6, 6.07) is 5.16. The Morgan fingerprint density at radius 3 is 2.74 bits per heavy atom. The number of nitrogens with one attached hydrogen (secondary N) is 2. The van der Waals surface area contributed by atoms with Crippen LogP contribution in [0.1, 0.15) is 35.4 Å². The van der Waals surface area contributed by atoms with Crippen LogP contribution in [0.2, 0.25) is 0 Å². The molecule has 3 heterocycles. The molecule has 2 aromatic rings. The highest BCUT2D eigenvalue weighted by Crippen LogP contribution is 2.20. The number of hydrogen-bond donors (Lipinski definition) is 2. The van der Waals surface area contributed by atoms with Gasteiger partial charge in [-0.25, -0.2) is 9.97 Å². The third-order valence-electron chi connectivity index (χ3n) is 4.59. The standard InChI is InChI=1S/C19H26N6O2/c1-14-22-16(13-17(23-14)25-11-4-3-5-12-25)20-8-9-21-18(26)15-7-6-10-24(2)19(15)27/h6-7,10,13H,3-5,8-9,11-12H2,1-2H3,(H,21,26)(H,20,22,23). The van der Waals surface area contributed by atoms with E-state index in [0.717, 1.165) is 30.5 Å². The molecule has 0 spiro atoms. The lowest BCUT2D eigenvalue weighted by molar-refractivity contribution is 0.0953. The van der Waals surface area contributed by atoms with Crippen LogP contribution >= 0.6 is 0 Å². The number of aryl methyl sites for hydroxylation is 2. The summed E-state index contributed by atoms with van der Waals surface area (Å²) in [6.45, 7) is 4.83. The molecule has 27 heavy (non-hydrogen) atoms. The molecule has 0 atom stereocenters. The molecule has 0 bridgehead atoms. The van der Waals surface area contributed by atoms with Gasteiger partial charge in [0.25, 0.3) is 11.5 Å². The van der Waals surface area contributed by atoms with Gasteiger partial charge in [-0.2, -0.15) is 0 Å². The number of nitrogens with zero attached hydrogens (tertiary/aromatic N) is 4. The first kappa shape index (κ1) is 18.9. The summed E-state index contributed by atoms with van der Waals surface area (Å²) in [4.78, 5) is 35.4. The molecule has 3 rings (SSSR count). The number of hydrogen-bond acceptors (Lipinski definition) is 6. The molecular formula is C19H26N6O2. The lowest BCUT2D eigenvalue weighted by atomic mass is 10.1. The first-order chi connectivity index (χ1) is 13.0. The second kappa shape index (κ2) is 8.66. The van der Waals surface area contributed by atoms with Crippen LogP contribution in [0.4, 0.5) is 11.6 Å². The van der Waals surface area contributed by atoms with E-state index in [1.165, 1.54) is 29.9 Å². The van der Waals surface area contributed by atoms with E-state index >= 15 is 0 Å². The summed E-state index contributed by atoms with van der Waals surface area (Å²) in [5.74, 6) is 2.04. The van der Waals surface area contributed by atoms with Crippen LogP contribution < -0.4 is 21.1 Å². The molecule has 144 valence electrons. The number of anilines is 2. The quantitative estimate of drug-likeness (QED) is 0.745. The molecule has 0 saturated carbocycles. The minimum atomic E-state index is -0.370. The second-order valence-electron chi connectivity index (χ2n) is 6.73. The highest BCUT2D eigenvalue weighted by Gasteiger charge is 2.14. The van der Waals surface area contributed by atoms with E-state index in [0.29, 0.717) is 13.1 Å². The largest absolute Gasteiger partial charge is 0.368 e. The maximum absolute atomic E-state index is 12.2. The van der Waals surface area contributed by atoms with Crippen molar-refractivity contribution in [2.24, 2.45) is 7.05 Å². The number of piperidine rings is 1. The van der Waals surface area contributed by atoms with Crippen molar-refractivity contribution in [2.45, 2.75) is 26.2 Å². The number of pyridine rings is 1. The molecular weight excluding hydrogens is 344 g/mol. The molecule has 1 saturated heterocycles. The van der Waals surface area contributed by atoms with E-state index in [2.05, 4.69) is 25.5 Å². The third-order valence-corrected chi connectivity index (χ3v) is 4.59. The molecule has 8 nitrogen and oxygen atoms in total. The topological polar surface area (TPSA) is 92.2 Å². The van der Waals surface area contributed by atoms with Crippen molar-refractivity contribution >= 4 is 17.5 Å². The number of carbonyl (C=O) groups is 1. The Balaban J connectivity index is 1.54. The fraction of sp³-hybridized carbons (Fsp3) is 0.474. The number of amides is 1. The zero-order valence-corrected chi connectivity index (χ0v) is 15.9. The van der Waals surface area contributed by atoms with Crippen molar-refractivity contribution in [3.63, 3.8) is 0 Å². The highest BCUT2D eigenvalue weighted by molar-refractivity contribution is 5.93. The van der Waals surface area contributed by atoms with Crippen molar-refractivity contribution in [3.8, 4) is 0 Å². The average Bonchev–Trinajstić information content (AvgIpc) is 2.67. The molecule has 1 aliphatic rings. The fourth-order valence-electron chi connectivity index (χ4n) is 3.16. The van der Waals surface area contributed by atoms with E-state index in [1.54, 1.807) is 19.3 Å². The first-order valence-electron chi connectivity index (χ1n) is 9.33. The molecule has 0 aromatic carbocycles. The Labute approximate surface area is 158 Å². The summed E-state index contributed by atoms with van der Waals surface area (Å²) >= 11 is 0. The summed E-state index contributed by atoms with van der Waals surface area (Å²) < 4.78 is 1.39. The van der Waals surface area contributed by atoms with Gasteiger partial charge in [0.1, 0.15) is 23.0 Å². The van der Waals surface area contributed by atoms with Crippen molar-refractivity contribution in [1.82, 2.24) is 19.9 Å². The summed E-state index contributed by atoms with van der Waals surface area (Å²) in [7, 11) is 1.62. The Kier molecular flexibility index (Phi) is 6.05. The van der Waals surface area contributed by atoms with Crippen molar-refractivity contribution in [1.29, 1.82) is 0 Å². The van der Waals surface area contributed by atoms with Gasteiger partial charge in [0, 0.05) is 45.5 Å². The first-order valence-corrected chi connectivity index (χ1v) is 9.33. The fourth-order valence-corrected chi connectivity index (χ4v) is 3.16. The SMILES string of the molecule is Cc1nc(NCCNC(=O)c2cccn(C)c2=O)cc(N2CCCCC2)n1. The van der Waals surface area contributed by atoms with Gasteiger partial charge in [0.05, 0.1) is 0 Å². The zero-order valence-electron chi connectivity index (χ0n) is 15.9. The smallest absolute Gasteiger partial charge is 0.263 e. The lowest BCUT2D eigenvalue weighted by Crippen LogP contribution is -2.34. The summed E-state index contributed by atoms with van der Waals surface area (Å²) in [5.41, 5.74) is -0.161. The highest BCUT2D eigenvalue weighted by atomic mass is 16.2. The van der Waals surface area contributed by atoms with E-state index in [4.69, 9.17) is 0 Å². The lowest BCUT2D eigenvalue weighted by Gasteiger charge is -2.28. The molecule has 0 unspecified atom stereocenters. The van der Waals surface area contributed by atoms with Crippen molar-refractivity contribution < 1.29 is 4.79 Å².